The molecule has 2 amide bonds. The fourth-order valence-electron chi connectivity index (χ4n) is 5.81. The highest BCUT2D eigenvalue weighted by Crippen LogP contribution is 2.37. The zero-order valence-electron chi connectivity index (χ0n) is 22.7. The summed E-state index contributed by atoms with van der Waals surface area (Å²) in [5, 5.41) is 18.1. The molecule has 39 heavy (non-hydrogen) atoms. The van der Waals surface area contributed by atoms with Gasteiger partial charge in [0.15, 0.2) is 5.82 Å². The van der Waals surface area contributed by atoms with Gasteiger partial charge < -0.3 is 29.9 Å². The van der Waals surface area contributed by atoms with Gasteiger partial charge in [-0.1, -0.05) is 13.8 Å². The third kappa shape index (κ3) is 5.10. The van der Waals surface area contributed by atoms with Gasteiger partial charge >= 0.3 is 6.09 Å². The lowest BCUT2D eigenvalue weighted by Crippen LogP contribution is -2.47. The van der Waals surface area contributed by atoms with E-state index in [1.54, 1.807) is 6.20 Å². The Labute approximate surface area is 226 Å². The molecule has 2 saturated heterocycles. The number of aryl methyl sites for hydroxylation is 1. The van der Waals surface area contributed by atoms with Crippen LogP contribution >= 0.6 is 0 Å². The van der Waals surface area contributed by atoms with E-state index in [1.165, 1.54) is 4.90 Å². The van der Waals surface area contributed by atoms with Crippen molar-refractivity contribution < 1.29 is 19.4 Å². The molecule has 5 rings (SSSR count). The second-order valence-electron chi connectivity index (χ2n) is 10.8. The normalized spacial score (nSPS) is 19.6. The van der Waals surface area contributed by atoms with Crippen molar-refractivity contribution in [2.24, 2.45) is 5.92 Å². The predicted molar refractivity (Wildman–Crippen MR) is 148 cm³/mol. The number of pyridine rings is 1. The molecule has 4 heterocycles. The molecule has 2 aliphatic rings. The van der Waals surface area contributed by atoms with E-state index in [0.717, 1.165) is 17.7 Å². The number of rotatable bonds is 5. The van der Waals surface area contributed by atoms with Gasteiger partial charge in [-0.3, -0.25) is 14.3 Å². The predicted octanol–water partition coefficient (Wildman–Crippen LogP) is 3.76. The number of hydrogen-bond acceptors (Lipinski definition) is 6. The quantitative estimate of drug-likeness (QED) is 0.452. The lowest BCUT2D eigenvalue weighted by Gasteiger charge is -2.41. The lowest BCUT2D eigenvalue weighted by atomic mass is 9.85. The van der Waals surface area contributed by atoms with Crippen LogP contribution in [0.4, 0.5) is 16.3 Å². The number of ether oxygens (including phenoxy) is 1. The Balaban J connectivity index is 1.45. The minimum absolute atomic E-state index is 0.0137. The maximum Gasteiger partial charge on any atom is 0.407 e. The molecule has 2 aromatic heterocycles. The number of aromatic nitrogens is 3. The molecule has 0 unspecified atom stereocenters. The van der Waals surface area contributed by atoms with Crippen molar-refractivity contribution >= 4 is 34.4 Å². The maximum absolute atomic E-state index is 13.3. The first kappa shape index (κ1) is 26.7. The first-order valence-corrected chi connectivity index (χ1v) is 13.6. The second-order valence-corrected chi connectivity index (χ2v) is 10.8. The second kappa shape index (κ2) is 10.7. The molecule has 1 atom stereocenters. The zero-order chi connectivity index (χ0) is 27.7. The summed E-state index contributed by atoms with van der Waals surface area (Å²) in [6.45, 7) is 9.29. The van der Waals surface area contributed by atoms with Gasteiger partial charge in [0.2, 0.25) is 0 Å². The molecule has 3 N–H and O–H groups in total. The van der Waals surface area contributed by atoms with Gasteiger partial charge in [-0.25, -0.2) is 4.79 Å². The van der Waals surface area contributed by atoms with Crippen LogP contribution in [0.25, 0.3) is 10.9 Å². The molecule has 3 aromatic rings. The van der Waals surface area contributed by atoms with Crippen LogP contribution in [0.15, 0.2) is 35.3 Å². The summed E-state index contributed by atoms with van der Waals surface area (Å²) in [6.07, 6.45) is 2.66. The van der Waals surface area contributed by atoms with Gasteiger partial charge in [0, 0.05) is 43.6 Å². The molecule has 1 aromatic carbocycles. The summed E-state index contributed by atoms with van der Waals surface area (Å²) in [6, 6.07) is 7.39. The van der Waals surface area contributed by atoms with Crippen LogP contribution in [-0.4, -0.2) is 81.1 Å². The van der Waals surface area contributed by atoms with Crippen molar-refractivity contribution in [2.75, 3.05) is 44.7 Å². The fourth-order valence-corrected chi connectivity index (χ4v) is 5.81. The molecule has 11 heteroatoms. The van der Waals surface area contributed by atoms with Crippen LogP contribution in [0.1, 0.15) is 49.0 Å². The summed E-state index contributed by atoms with van der Waals surface area (Å²) < 4.78 is 7.50. The molecule has 208 valence electrons. The SMILES string of the molecule is CCC1(n2nc(Nc3ccc(C(=O)N4CCOC[C@H](C)C4)c(C)c3)c3c(=O)[nH]ccc32)CCN(C(=O)O)CC1. The van der Waals surface area contributed by atoms with Gasteiger partial charge in [0.05, 0.1) is 24.3 Å². The molecule has 0 radical (unpaired) electrons. The summed E-state index contributed by atoms with van der Waals surface area (Å²) in [5.41, 5.74) is 2.23. The Morgan fingerprint density at radius 2 is 1.97 bits per heavy atom. The molecule has 0 bridgehead atoms. The number of nitrogens with zero attached hydrogens (tertiary/aromatic N) is 4. The summed E-state index contributed by atoms with van der Waals surface area (Å²) in [7, 11) is 0. The van der Waals surface area contributed by atoms with Crippen LogP contribution in [0.5, 0.6) is 0 Å². The zero-order valence-corrected chi connectivity index (χ0v) is 22.7. The van der Waals surface area contributed by atoms with Gasteiger partial charge in [-0.15, -0.1) is 0 Å². The monoisotopic (exact) mass is 536 g/mol. The standard InChI is InChI=1S/C28H36N6O5/c1-4-28(8-11-32(12-9-28)27(37)38)34-22-7-10-29-25(35)23(22)24(31-34)30-20-5-6-21(19(3)15-20)26(36)33-13-14-39-17-18(2)16-33/h5-7,10,15,18H,4,8-9,11-14,16-17H2,1-3H3,(H,29,35)(H,30,31)(H,37,38)/t18-/m1/s1. The smallest absolute Gasteiger partial charge is 0.407 e. The van der Waals surface area contributed by atoms with Crippen LogP contribution < -0.4 is 10.9 Å². The van der Waals surface area contributed by atoms with Gasteiger partial charge in [0.25, 0.3) is 11.5 Å². The average Bonchev–Trinajstić information content (AvgIpc) is 3.15. The molecule has 0 aliphatic carbocycles. The van der Waals surface area contributed by atoms with Gasteiger partial charge in [-0.2, -0.15) is 5.10 Å². The first-order valence-electron chi connectivity index (χ1n) is 13.6. The number of aromatic amines is 1. The Bertz CT molecular complexity index is 1440. The molecule has 0 saturated carbocycles. The number of nitrogens with one attached hydrogen (secondary N) is 2. The molecular weight excluding hydrogens is 500 g/mol. The fraction of sp³-hybridized carbons (Fsp3) is 0.500. The molecule has 11 nitrogen and oxygen atoms in total. The van der Waals surface area contributed by atoms with Crippen LogP contribution in [0.3, 0.4) is 0 Å². The summed E-state index contributed by atoms with van der Waals surface area (Å²) in [4.78, 5) is 43.8. The van der Waals surface area contributed by atoms with E-state index >= 15 is 0 Å². The highest BCUT2D eigenvalue weighted by Gasteiger charge is 2.38. The van der Waals surface area contributed by atoms with E-state index < -0.39 is 11.6 Å². The molecule has 0 spiro atoms. The number of benzene rings is 1. The number of anilines is 2. The Morgan fingerprint density at radius 3 is 2.67 bits per heavy atom. The first-order chi connectivity index (χ1) is 18.7. The third-order valence-electron chi connectivity index (χ3n) is 8.12. The van der Waals surface area contributed by atoms with Crippen molar-refractivity contribution in [3.8, 4) is 0 Å². The lowest BCUT2D eigenvalue weighted by molar-refractivity contribution is 0.0737. The topological polar surface area (TPSA) is 133 Å². The molecular formula is C28H36N6O5. The van der Waals surface area contributed by atoms with Crippen molar-refractivity contribution in [3.05, 3.63) is 51.9 Å². The van der Waals surface area contributed by atoms with Gasteiger partial charge in [0.1, 0.15) is 5.39 Å². The largest absolute Gasteiger partial charge is 0.465 e. The molecule has 2 fully saturated rings. The minimum Gasteiger partial charge on any atom is -0.465 e. The van der Waals surface area contributed by atoms with E-state index in [9.17, 15) is 19.5 Å². The summed E-state index contributed by atoms with van der Waals surface area (Å²) >= 11 is 0. The number of piperidine rings is 1. The highest BCUT2D eigenvalue weighted by molar-refractivity contribution is 5.96. The number of amides is 2. The van der Waals surface area contributed by atoms with Crippen molar-refractivity contribution in [1.29, 1.82) is 0 Å². The van der Waals surface area contributed by atoms with Crippen LogP contribution in [-0.2, 0) is 10.3 Å². The van der Waals surface area contributed by atoms with Crippen molar-refractivity contribution in [3.63, 3.8) is 0 Å². The third-order valence-corrected chi connectivity index (χ3v) is 8.12. The number of carbonyl (C=O) groups excluding carboxylic acids is 1. The van der Waals surface area contributed by atoms with Crippen molar-refractivity contribution in [2.45, 2.75) is 45.6 Å². The number of carboxylic acid groups (broad SMARTS) is 1. The van der Waals surface area contributed by atoms with Crippen LogP contribution in [0.2, 0.25) is 0 Å². The van der Waals surface area contributed by atoms with E-state index in [0.29, 0.717) is 74.5 Å². The van der Waals surface area contributed by atoms with E-state index in [2.05, 4.69) is 24.1 Å². The Hall–Kier alpha value is -3.86. The Kier molecular flexibility index (Phi) is 7.35. The van der Waals surface area contributed by atoms with Gasteiger partial charge in [-0.05, 0) is 61.9 Å². The minimum atomic E-state index is -0.917. The number of likely N-dealkylation sites (tertiary alicyclic amines) is 1. The number of carbonyl (C=O) groups is 2. The van der Waals surface area contributed by atoms with E-state index in [1.807, 2.05) is 40.8 Å². The highest BCUT2D eigenvalue weighted by atomic mass is 16.5. The summed E-state index contributed by atoms with van der Waals surface area (Å²) in [5.74, 6) is 0.694. The molecule has 2 aliphatic heterocycles. The average molecular weight is 537 g/mol. The van der Waals surface area contributed by atoms with E-state index in [4.69, 9.17) is 9.84 Å². The van der Waals surface area contributed by atoms with Crippen LogP contribution in [0, 0.1) is 12.8 Å². The number of hydrogen-bond donors (Lipinski definition) is 3. The number of H-pyrrole nitrogens is 1. The van der Waals surface area contributed by atoms with Crippen molar-refractivity contribution in [1.82, 2.24) is 24.6 Å². The Morgan fingerprint density at radius 1 is 1.21 bits per heavy atom. The maximum atomic E-state index is 13.3. The number of fused-ring (bicyclic) bond motifs is 1. The van der Waals surface area contributed by atoms with E-state index in [-0.39, 0.29) is 17.4 Å².